The maximum atomic E-state index is 4.05. The number of nitrogens with one attached hydrogen (secondary N) is 1. The summed E-state index contributed by atoms with van der Waals surface area (Å²) in [6, 6.07) is 9.09. The fraction of sp³-hybridized carbons (Fsp3) is 0.222. The summed E-state index contributed by atoms with van der Waals surface area (Å²) in [6.45, 7) is 7.71. The average Bonchev–Trinajstić information content (AvgIpc) is 2.52. The summed E-state index contributed by atoms with van der Waals surface area (Å²) >= 11 is 1.72. The van der Waals surface area contributed by atoms with Gasteiger partial charge in [0.2, 0.25) is 0 Å². The van der Waals surface area contributed by atoms with E-state index in [0.717, 1.165) is 17.6 Å². The van der Waals surface area contributed by atoms with Crippen molar-refractivity contribution >= 4 is 17.5 Å². The Labute approximate surface area is 126 Å². The Hall–Kier alpha value is -1.51. The second kappa shape index (κ2) is 7.93. The van der Waals surface area contributed by atoms with E-state index in [1.165, 1.54) is 17.7 Å². The summed E-state index contributed by atoms with van der Waals surface area (Å²) in [4.78, 5) is 1.24. The van der Waals surface area contributed by atoms with Gasteiger partial charge in [0.05, 0.1) is 0 Å². The maximum Gasteiger partial charge on any atom is 0.0228 e. The average molecular weight is 283 g/mol. The van der Waals surface area contributed by atoms with E-state index >= 15 is 0 Å². The van der Waals surface area contributed by atoms with Crippen LogP contribution in [0, 0.1) is 0 Å². The van der Waals surface area contributed by atoms with E-state index in [2.05, 4.69) is 54.3 Å². The molecule has 0 fully saturated rings. The molecule has 1 aliphatic carbocycles. The molecule has 0 aromatic heterocycles. The molecule has 0 saturated carbocycles. The summed E-state index contributed by atoms with van der Waals surface area (Å²) < 4.78 is 3.54. The minimum Gasteiger partial charge on any atom is -0.256 e. The molecule has 1 aliphatic rings. The van der Waals surface area contributed by atoms with Gasteiger partial charge >= 0.3 is 0 Å². The van der Waals surface area contributed by atoms with Crippen molar-refractivity contribution in [3.63, 3.8) is 0 Å². The van der Waals surface area contributed by atoms with Crippen molar-refractivity contribution < 1.29 is 0 Å². The van der Waals surface area contributed by atoms with Crippen LogP contribution in [-0.4, -0.2) is 6.04 Å². The van der Waals surface area contributed by atoms with Gasteiger partial charge in [-0.25, -0.2) is 0 Å². The third-order valence-electron chi connectivity index (χ3n) is 3.27. The molecule has 0 radical (unpaired) electrons. The van der Waals surface area contributed by atoms with Gasteiger partial charge in [0, 0.05) is 10.9 Å². The Morgan fingerprint density at radius 3 is 2.70 bits per heavy atom. The summed E-state index contributed by atoms with van der Waals surface area (Å²) in [5, 5.41) is 0. The van der Waals surface area contributed by atoms with Gasteiger partial charge in [-0.1, -0.05) is 55.7 Å². The van der Waals surface area contributed by atoms with Crippen molar-refractivity contribution in [3.05, 3.63) is 73.4 Å². The Balaban J connectivity index is 1.87. The molecule has 1 atom stereocenters. The molecular formula is C18H21NS. The van der Waals surface area contributed by atoms with E-state index in [1.807, 2.05) is 12.2 Å². The van der Waals surface area contributed by atoms with Crippen molar-refractivity contribution in [1.29, 1.82) is 0 Å². The highest BCUT2D eigenvalue weighted by Crippen LogP contribution is 2.22. The van der Waals surface area contributed by atoms with Gasteiger partial charge in [-0.2, -0.15) is 0 Å². The van der Waals surface area contributed by atoms with Crippen LogP contribution < -0.4 is 4.72 Å². The molecule has 20 heavy (non-hydrogen) atoms. The molecule has 0 amide bonds. The van der Waals surface area contributed by atoms with Crippen LogP contribution in [0.25, 0.3) is 5.57 Å². The fourth-order valence-corrected chi connectivity index (χ4v) is 2.86. The number of hydrogen-bond acceptors (Lipinski definition) is 2. The lowest BCUT2D eigenvalue weighted by molar-refractivity contribution is 0.573. The van der Waals surface area contributed by atoms with Crippen molar-refractivity contribution in [2.75, 3.05) is 0 Å². The summed E-state index contributed by atoms with van der Waals surface area (Å²) in [5.74, 6) is 0. The Bertz CT molecular complexity index is 511. The van der Waals surface area contributed by atoms with Crippen molar-refractivity contribution in [1.82, 2.24) is 4.72 Å². The SMILES string of the molecule is C=C/C=C\C(=C)c1ccc(SN[C@H]2CC=CCC2)cc1. The highest BCUT2D eigenvalue weighted by molar-refractivity contribution is 7.97. The standard InChI is InChI=1S/C18H21NS/c1-3-4-8-15(2)16-11-13-18(14-12-16)20-19-17-9-6-5-7-10-17/h3-6,8,11-14,17,19H,1-2,7,9-10H2/b8-4-/t17-/m0/s1. The van der Waals surface area contributed by atoms with Crippen LogP contribution in [-0.2, 0) is 0 Å². The van der Waals surface area contributed by atoms with Gasteiger partial charge < -0.3 is 0 Å². The Kier molecular flexibility index (Phi) is 5.90. The number of allylic oxidation sites excluding steroid dienone is 5. The lowest BCUT2D eigenvalue weighted by Crippen LogP contribution is -2.23. The molecule has 104 valence electrons. The van der Waals surface area contributed by atoms with Crippen LogP contribution in [0.2, 0.25) is 0 Å². The molecule has 0 aliphatic heterocycles. The second-order valence-electron chi connectivity index (χ2n) is 4.85. The van der Waals surface area contributed by atoms with Crippen LogP contribution in [0.5, 0.6) is 0 Å². The van der Waals surface area contributed by atoms with E-state index in [-0.39, 0.29) is 0 Å². The molecular weight excluding hydrogens is 262 g/mol. The predicted molar refractivity (Wildman–Crippen MR) is 90.6 cm³/mol. The van der Waals surface area contributed by atoms with E-state index in [4.69, 9.17) is 0 Å². The van der Waals surface area contributed by atoms with Crippen molar-refractivity contribution in [3.8, 4) is 0 Å². The first-order valence-corrected chi connectivity index (χ1v) is 7.77. The molecule has 1 aromatic rings. The normalized spacial score (nSPS) is 18.3. The van der Waals surface area contributed by atoms with Crippen LogP contribution in [0.15, 0.2) is 72.7 Å². The van der Waals surface area contributed by atoms with Gasteiger partial charge in [-0.15, -0.1) is 0 Å². The Morgan fingerprint density at radius 2 is 2.05 bits per heavy atom. The van der Waals surface area contributed by atoms with E-state index < -0.39 is 0 Å². The summed E-state index contributed by atoms with van der Waals surface area (Å²) in [7, 11) is 0. The summed E-state index contributed by atoms with van der Waals surface area (Å²) in [5.41, 5.74) is 2.15. The first kappa shape index (κ1) is 14.9. The van der Waals surface area contributed by atoms with Gasteiger partial charge in [-0.05, 0) is 54.5 Å². The number of rotatable bonds is 6. The third-order valence-corrected chi connectivity index (χ3v) is 4.23. The van der Waals surface area contributed by atoms with Crippen LogP contribution in [0.4, 0.5) is 0 Å². The van der Waals surface area contributed by atoms with E-state index in [1.54, 1.807) is 18.0 Å². The lowest BCUT2D eigenvalue weighted by atomic mass is 10.0. The monoisotopic (exact) mass is 283 g/mol. The zero-order chi connectivity index (χ0) is 14.2. The molecule has 1 N–H and O–H groups in total. The Morgan fingerprint density at radius 1 is 1.25 bits per heavy atom. The summed E-state index contributed by atoms with van der Waals surface area (Å²) in [6.07, 6.45) is 13.7. The highest BCUT2D eigenvalue weighted by Gasteiger charge is 2.09. The first-order chi connectivity index (χ1) is 9.79. The van der Waals surface area contributed by atoms with Crippen LogP contribution in [0.3, 0.4) is 0 Å². The predicted octanol–water partition coefficient (Wildman–Crippen LogP) is 5.15. The first-order valence-electron chi connectivity index (χ1n) is 6.95. The molecule has 0 bridgehead atoms. The molecule has 0 spiro atoms. The van der Waals surface area contributed by atoms with E-state index in [9.17, 15) is 0 Å². The van der Waals surface area contributed by atoms with Crippen molar-refractivity contribution in [2.24, 2.45) is 0 Å². The molecule has 0 heterocycles. The third kappa shape index (κ3) is 4.55. The van der Waals surface area contributed by atoms with Gasteiger partial charge in [0.25, 0.3) is 0 Å². The zero-order valence-corrected chi connectivity index (χ0v) is 12.5. The minimum absolute atomic E-state index is 0.593. The van der Waals surface area contributed by atoms with Crippen molar-refractivity contribution in [2.45, 2.75) is 30.2 Å². The number of benzene rings is 1. The molecule has 2 rings (SSSR count). The molecule has 0 saturated heterocycles. The second-order valence-corrected chi connectivity index (χ2v) is 5.76. The number of hydrogen-bond donors (Lipinski definition) is 1. The molecule has 0 unspecified atom stereocenters. The van der Waals surface area contributed by atoms with E-state index in [0.29, 0.717) is 6.04 Å². The minimum atomic E-state index is 0.593. The van der Waals surface area contributed by atoms with Gasteiger partial charge in [-0.3, -0.25) is 4.72 Å². The van der Waals surface area contributed by atoms with Gasteiger partial charge in [0.15, 0.2) is 0 Å². The molecule has 2 heteroatoms. The van der Waals surface area contributed by atoms with Gasteiger partial charge in [0.1, 0.15) is 0 Å². The molecule has 1 aromatic carbocycles. The topological polar surface area (TPSA) is 12.0 Å². The quantitative estimate of drug-likeness (QED) is 0.440. The smallest absolute Gasteiger partial charge is 0.0228 e. The lowest BCUT2D eigenvalue weighted by Gasteiger charge is -2.18. The fourth-order valence-electron chi connectivity index (χ4n) is 2.07. The maximum absolute atomic E-state index is 4.05. The largest absolute Gasteiger partial charge is 0.256 e. The molecule has 1 nitrogen and oxygen atoms in total. The van der Waals surface area contributed by atoms with Crippen LogP contribution in [0.1, 0.15) is 24.8 Å². The van der Waals surface area contributed by atoms with Crippen LogP contribution >= 0.6 is 11.9 Å². The highest BCUT2D eigenvalue weighted by atomic mass is 32.2. The zero-order valence-electron chi connectivity index (χ0n) is 11.7.